The average Bonchev–Trinajstić information content (AvgIpc) is 3.64. The lowest BCUT2D eigenvalue weighted by Gasteiger charge is -2.60. The van der Waals surface area contributed by atoms with Gasteiger partial charge in [0.2, 0.25) is 5.91 Å². The highest BCUT2D eigenvalue weighted by Gasteiger charge is 2.71. The molecule has 4 aliphatic heterocycles. The Morgan fingerprint density at radius 1 is 1.11 bits per heavy atom. The zero-order valence-electron chi connectivity index (χ0n) is 20.5. The number of piperidine rings is 1. The third-order valence-electron chi connectivity index (χ3n) is 9.82. The number of aromatic hydroxyl groups is 1. The van der Waals surface area contributed by atoms with Crippen LogP contribution < -0.4 is 4.74 Å². The SMILES string of the molecule is O=C(CN1CCCOCC1)N1CC[C@@]2(O)[C@H]3Cc4ccc(O)c5c4[C@@]2(CCN3CC2CC2)[C@H](C1)O5. The van der Waals surface area contributed by atoms with Gasteiger partial charge in [0, 0.05) is 44.4 Å². The van der Waals surface area contributed by atoms with Gasteiger partial charge in [0.1, 0.15) is 6.10 Å². The summed E-state index contributed by atoms with van der Waals surface area (Å²) in [7, 11) is 0. The van der Waals surface area contributed by atoms with Crippen molar-refractivity contribution < 1.29 is 24.5 Å². The van der Waals surface area contributed by atoms with Gasteiger partial charge in [-0.2, -0.15) is 0 Å². The van der Waals surface area contributed by atoms with Gasteiger partial charge in [-0.05, 0) is 62.6 Å². The molecule has 6 aliphatic rings. The molecule has 3 saturated heterocycles. The van der Waals surface area contributed by atoms with Crippen LogP contribution in [0.5, 0.6) is 11.5 Å². The van der Waals surface area contributed by atoms with E-state index in [1.54, 1.807) is 6.07 Å². The van der Waals surface area contributed by atoms with Gasteiger partial charge >= 0.3 is 0 Å². The largest absolute Gasteiger partial charge is 0.504 e. The highest BCUT2D eigenvalue weighted by Crippen LogP contribution is 2.63. The fraction of sp³-hybridized carbons (Fsp3) is 0.741. The minimum atomic E-state index is -0.984. The van der Waals surface area contributed by atoms with Crippen LogP contribution in [-0.4, -0.2) is 108 Å². The molecule has 2 aliphatic carbocycles. The van der Waals surface area contributed by atoms with E-state index in [2.05, 4.69) is 9.80 Å². The molecule has 1 aromatic carbocycles. The Hall–Kier alpha value is -1.87. The van der Waals surface area contributed by atoms with E-state index in [1.807, 2.05) is 11.0 Å². The Morgan fingerprint density at radius 3 is 2.86 bits per heavy atom. The number of phenols is 1. The first kappa shape index (κ1) is 22.3. The fourth-order valence-electron chi connectivity index (χ4n) is 7.88. The molecular weight excluding hydrogens is 446 g/mol. The van der Waals surface area contributed by atoms with Crippen molar-refractivity contribution in [3.05, 3.63) is 23.3 Å². The minimum Gasteiger partial charge on any atom is -0.504 e. The summed E-state index contributed by atoms with van der Waals surface area (Å²) in [4.78, 5) is 20.2. The van der Waals surface area contributed by atoms with E-state index in [0.717, 1.165) is 63.5 Å². The number of aliphatic hydroxyl groups is 1. The van der Waals surface area contributed by atoms with Crippen LogP contribution in [0.1, 0.15) is 43.2 Å². The molecule has 190 valence electrons. The molecule has 0 unspecified atom stereocenters. The van der Waals surface area contributed by atoms with Crippen LogP contribution in [0.25, 0.3) is 0 Å². The monoisotopic (exact) mass is 483 g/mol. The summed E-state index contributed by atoms with van der Waals surface area (Å²) in [5, 5.41) is 23.4. The molecular formula is C27H37N3O5. The van der Waals surface area contributed by atoms with E-state index in [9.17, 15) is 15.0 Å². The zero-order chi connectivity index (χ0) is 23.8. The number of carbonyl (C=O) groups is 1. The van der Waals surface area contributed by atoms with Gasteiger partial charge < -0.3 is 24.6 Å². The fourth-order valence-corrected chi connectivity index (χ4v) is 7.88. The van der Waals surface area contributed by atoms with Gasteiger partial charge in [0.05, 0.1) is 30.7 Å². The Kier molecular flexibility index (Phi) is 5.15. The summed E-state index contributed by atoms with van der Waals surface area (Å²) in [6.45, 7) is 6.41. The molecule has 1 aromatic rings. The lowest BCUT2D eigenvalue weighted by atomic mass is 9.52. The molecule has 1 spiro atoms. The Labute approximate surface area is 206 Å². The lowest BCUT2D eigenvalue weighted by molar-refractivity contribution is -0.162. The molecule has 8 heteroatoms. The van der Waals surface area contributed by atoms with Crippen molar-refractivity contribution in [1.29, 1.82) is 0 Å². The molecule has 4 atom stereocenters. The van der Waals surface area contributed by atoms with Crippen LogP contribution in [0, 0.1) is 5.92 Å². The number of likely N-dealkylation sites (tertiary alicyclic amines) is 2. The molecule has 1 saturated carbocycles. The van der Waals surface area contributed by atoms with Gasteiger partial charge in [-0.25, -0.2) is 0 Å². The first-order chi connectivity index (χ1) is 17.0. The van der Waals surface area contributed by atoms with Crippen molar-refractivity contribution >= 4 is 5.91 Å². The standard InChI is InChI=1S/C27H37N3O5/c31-20-5-4-19-14-21-27(33)7-10-30(23(32)17-28-8-1-12-34-13-11-28)16-22-26(27,24(19)25(20)35-22)6-9-29(21)15-18-2-3-18/h4-5,18,21-22,31,33H,1-3,6-17H2/t21-,22+,26-,27-/m1/s1. The Balaban J connectivity index is 1.24. The predicted molar refractivity (Wildman–Crippen MR) is 129 cm³/mol. The molecule has 2 N–H and O–H groups in total. The molecule has 1 amide bonds. The van der Waals surface area contributed by atoms with Crippen molar-refractivity contribution in [2.45, 2.75) is 61.7 Å². The van der Waals surface area contributed by atoms with Crippen LogP contribution in [0.4, 0.5) is 0 Å². The maximum atomic E-state index is 13.5. The number of carbonyl (C=O) groups excluding carboxylic acids is 1. The van der Waals surface area contributed by atoms with Gasteiger partial charge in [-0.3, -0.25) is 14.6 Å². The number of benzene rings is 1. The molecule has 4 fully saturated rings. The van der Waals surface area contributed by atoms with E-state index in [-0.39, 0.29) is 23.8 Å². The lowest BCUT2D eigenvalue weighted by Crippen LogP contribution is -2.74. The van der Waals surface area contributed by atoms with Crippen molar-refractivity contribution in [2.24, 2.45) is 5.92 Å². The third-order valence-corrected chi connectivity index (χ3v) is 9.82. The minimum absolute atomic E-state index is 0.0174. The number of ether oxygens (including phenoxy) is 2. The summed E-state index contributed by atoms with van der Waals surface area (Å²) in [5.41, 5.74) is 0.652. The van der Waals surface area contributed by atoms with E-state index in [4.69, 9.17) is 9.47 Å². The van der Waals surface area contributed by atoms with Gasteiger partial charge in [-0.15, -0.1) is 0 Å². The second-order valence-corrected chi connectivity index (χ2v) is 11.7. The molecule has 2 bridgehead atoms. The maximum Gasteiger partial charge on any atom is 0.236 e. The number of amides is 1. The summed E-state index contributed by atoms with van der Waals surface area (Å²) >= 11 is 0. The van der Waals surface area contributed by atoms with Crippen LogP contribution >= 0.6 is 0 Å². The smallest absolute Gasteiger partial charge is 0.236 e. The molecule has 0 aromatic heterocycles. The molecule has 0 radical (unpaired) electrons. The van der Waals surface area contributed by atoms with Crippen molar-refractivity contribution in [3.8, 4) is 11.5 Å². The summed E-state index contributed by atoms with van der Waals surface area (Å²) < 4.78 is 12.1. The average molecular weight is 484 g/mol. The van der Waals surface area contributed by atoms with Crippen molar-refractivity contribution in [3.63, 3.8) is 0 Å². The van der Waals surface area contributed by atoms with Gasteiger partial charge in [0.15, 0.2) is 11.5 Å². The van der Waals surface area contributed by atoms with E-state index >= 15 is 0 Å². The van der Waals surface area contributed by atoms with Crippen LogP contribution in [0.2, 0.25) is 0 Å². The summed E-state index contributed by atoms with van der Waals surface area (Å²) in [5.74, 6) is 1.54. The number of nitrogens with zero attached hydrogens (tertiary/aromatic N) is 3. The third kappa shape index (κ3) is 3.29. The summed E-state index contributed by atoms with van der Waals surface area (Å²) in [6, 6.07) is 3.79. The van der Waals surface area contributed by atoms with E-state index in [1.165, 1.54) is 18.4 Å². The highest BCUT2D eigenvalue weighted by molar-refractivity contribution is 5.78. The van der Waals surface area contributed by atoms with Gasteiger partial charge in [0.25, 0.3) is 0 Å². The number of hydrogen-bond donors (Lipinski definition) is 2. The Morgan fingerprint density at radius 2 is 2.00 bits per heavy atom. The molecule has 4 heterocycles. The zero-order valence-corrected chi connectivity index (χ0v) is 20.5. The highest BCUT2D eigenvalue weighted by atomic mass is 16.5. The molecule has 35 heavy (non-hydrogen) atoms. The van der Waals surface area contributed by atoms with Crippen LogP contribution in [0.3, 0.4) is 0 Å². The maximum absolute atomic E-state index is 13.5. The second-order valence-electron chi connectivity index (χ2n) is 11.7. The van der Waals surface area contributed by atoms with Crippen molar-refractivity contribution in [1.82, 2.24) is 14.7 Å². The topological polar surface area (TPSA) is 85.7 Å². The predicted octanol–water partition coefficient (Wildman–Crippen LogP) is 1.12. The molecule has 8 nitrogen and oxygen atoms in total. The van der Waals surface area contributed by atoms with Crippen LogP contribution in [-0.2, 0) is 21.4 Å². The van der Waals surface area contributed by atoms with Crippen molar-refractivity contribution in [2.75, 3.05) is 59.0 Å². The summed E-state index contributed by atoms with van der Waals surface area (Å²) in [6.07, 6.45) is 5.28. The normalized spacial score (nSPS) is 36.8. The second kappa shape index (κ2) is 8.07. The number of hydrogen-bond acceptors (Lipinski definition) is 7. The first-order valence-corrected chi connectivity index (χ1v) is 13.6. The van der Waals surface area contributed by atoms with Crippen LogP contribution in [0.15, 0.2) is 12.1 Å². The Bertz CT molecular complexity index is 1020. The first-order valence-electron chi connectivity index (χ1n) is 13.6. The van der Waals surface area contributed by atoms with E-state index < -0.39 is 11.0 Å². The number of rotatable bonds is 4. The van der Waals surface area contributed by atoms with Gasteiger partial charge in [-0.1, -0.05) is 6.07 Å². The number of phenolic OH excluding ortho intramolecular Hbond substituents is 1. The molecule has 7 rings (SSSR count). The quantitative estimate of drug-likeness (QED) is 0.664. The van der Waals surface area contributed by atoms with E-state index in [0.29, 0.717) is 38.4 Å².